The smallest absolute Gasteiger partial charge is 0.492 e. The highest BCUT2D eigenvalue weighted by Gasteiger charge is 2.52. The average Bonchev–Trinajstić information content (AvgIpc) is 2.95. The van der Waals surface area contributed by atoms with Crippen molar-refractivity contribution in [3.05, 3.63) is 10.9 Å². The highest BCUT2D eigenvalue weighted by atomic mass is 32.1. The number of carbonyl (C=O) groups is 1. The summed E-state index contributed by atoms with van der Waals surface area (Å²) >= 11 is 1.29. The standard InChI is InChI=1S/C15H23BO5S/c1-7-8-19-10-9-11(22-12(10)13(17)18-6)16-20-14(2,3)15(4,5)21-16/h9H,7-8H2,1-6H3. The number of thiophene rings is 1. The van der Waals surface area contributed by atoms with Gasteiger partial charge in [-0.1, -0.05) is 6.92 Å². The largest absolute Gasteiger partial charge is 0.505 e. The Balaban J connectivity index is 2.29. The van der Waals surface area contributed by atoms with E-state index in [9.17, 15) is 4.79 Å². The van der Waals surface area contributed by atoms with Gasteiger partial charge < -0.3 is 18.8 Å². The fourth-order valence-electron chi connectivity index (χ4n) is 2.02. The summed E-state index contributed by atoms with van der Waals surface area (Å²) in [6.07, 6.45) is 0.863. The molecule has 0 saturated carbocycles. The Hall–Kier alpha value is -1.05. The normalized spacial score (nSPS) is 19.3. The maximum atomic E-state index is 11.9. The molecular weight excluding hydrogens is 303 g/mol. The van der Waals surface area contributed by atoms with Crippen molar-refractivity contribution in [1.29, 1.82) is 0 Å². The lowest BCUT2D eigenvalue weighted by Crippen LogP contribution is -2.41. The Morgan fingerprint density at radius 3 is 2.36 bits per heavy atom. The molecule has 0 bridgehead atoms. The minimum Gasteiger partial charge on any atom is -0.492 e. The zero-order chi connectivity index (χ0) is 16.5. The minimum atomic E-state index is -0.502. The minimum absolute atomic E-state index is 0.404. The highest BCUT2D eigenvalue weighted by molar-refractivity contribution is 7.24. The Labute approximate surface area is 136 Å². The molecule has 1 aromatic rings. The van der Waals surface area contributed by atoms with E-state index >= 15 is 0 Å². The van der Waals surface area contributed by atoms with Gasteiger partial charge in [-0.2, -0.15) is 0 Å². The van der Waals surface area contributed by atoms with Crippen molar-refractivity contribution in [3.8, 4) is 5.75 Å². The van der Waals surface area contributed by atoms with E-state index in [0.717, 1.165) is 11.2 Å². The van der Waals surface area contributed by atoms with Gasteiger partial charge in [-0.15, -0.1) is 11.3 Å². The zero-order valence-corrected chi connectivity index (χ0v) is 14.8. The topological polar surface area (TPSA) is 54.0 Å². The molecule has 0 N–H and O–H groups in total. The van der Waals surface area contributed by atoms with Gasteiger partial charge in [0.2, 0.25) is 0 Å². The van der Waals surface area contributed by atoms with Crippen LogP contribution >= 0.6 is 11.3 Å². The summed E-state index contributed by atoms with van der Waals surface area (Å²) in [6.45, 7) is 10.5. The summed E-state index contributed by atoms with van der Waals surface area (Å²) in [5, 5.41) is 0. The summed E-state index contributed by atoms with van der Waals surface area (Å²) in [4.78, 5) is 12.4. The molecule has 0 amide bonds. The first-order chi connectivity index (χ1) is 10.2. The molecule has 2 rings (SSSR count). The molecule has 2 heterocycles. The molecule has 0 spiro atoms. The van der Waals surface area contributed by atoms with E-state index in [1.165, 1.54) is 18.4 Å². The monoisotopic (exact) mass is 326 g/mol. The van der Waals surface area contributed by atoms with Crippen LogP contribution in [0.4, 0.5) is 0 Å². The second-order valence-electron chi connectivity index (χ2n) is 6.27. The van der Waals surface area contributed by atoms with Crippen LogP contribution in [0.1, 0.15) is 50.7 Å². The Morgan fingerprint density at radius 2 is 1.86 bits per heavy atom. The van der Waals surface area contributed by atoms with Crippen LogP contribution < -0.4 is 9.51 Å². The van der Waals surface area contributed by atoms with E-state index in [1.54, 1.807) is 0 Å². The molecule has 7 heteroatoms. The maximum absolute atomic E-state index is 11.9. The van der Waals surface area contributed by atoms with Crippen molar-refractivity contribution in [1.82, 2.24) is 0 Å². The molecule has 5 nitrogen and oxygen atoms in total. The predicted octanol–water partition coefficient (Wildman–Crippen LogP) is 2.62. The summed E-state index contributed by atoms with van der Waals surface area (Å²) in [5.74, 6) is 0.127. The van der Waals surface area contributed by atoms with Crippen molar-refractivity contribution in [2.45, 2.75) is 52.2 Å². The Bertz CT molecular complexity index is 536. The molecule has 1 saturated heterocycles. The van der Waals surface area contributed by atoms with Crippen LogP contribution in [0.3, 0.4) is 0 Å². The SMILES string of the molecule is CCCOc1cc(B2OC(C)(C)C(C)(C)O2)sc1C(=O)OC. The van der Waals surface area contributed by atoms with Gasteiger partial charge in [0.25, 0.3) is 0 Å². The fraction of sp³-hybridized carbons (Fsp3) is 0.667. The molecule has 0 atom stereocenters. The number of rotatable bonds is 5. The number of methoxy groups -OCH3 is 1. The van der Waals surface area contributed by atoms with Crippen LogP contribution in [0, 0.1) is 0 Å². The van der Waals surface area contributed by atoms with Gasteiger partial charge in [0.15, 0.2) is 4.88 Å². The van der Waals surface area contributed by atoms with E-state index in [1.807, 2.05) is 40.7 Å². The number of hydrogen-bond acceptors (Lipinski definition) is 6. The first-order valence-electron chi connectivity index (χ1n) is 7.42. The summed E-state index contributed by atoms with van der Waals surface area (Å²) < 4.78 is 23.3. The lowest BCUT2D eigenvalue weighted by atomic mass is 9.88. The molecule has 1 aliphatic heterocycles. The first-order valence-corrected chi connectivity index (χ1v) is 8.24. The molecule has 0 aromatic carbocycles. The van der Waals surface area contributed by atoms with E-state index < -0.39 is 24.3 Å². The van der Waals surface area contributed by atoms with Crippen LogP contribution in [0.25, 0.3) is 0 Å². The Morgan fingerprint density at radius 1 is 1.27 bits per heavy atom. The van der Waals surface area contributed by atoms with Crippen molar-refractivity contribution in [3.63, 3.8) is 0 Å². The number of esters is 1. The van der Waals surface area contributed by atoms with Gasteiger partial charge in [0, 0.05) is 4.78 Å². The number of hydrogen-bond donors (Lipinski definition) is 0. The molecule has 1 aromatic heterocycles. The van der Waals surface area contributed by atoms with Crippen LogP contribution in [0.2, 0.25) is 0 Å². The van der Waals surface area contributed by atoms with E-state index in [0.29, 0.717) is 17.2 Å². The van der Waals surface area contributed by atoms with E-state index in [4.69, 9.17) is 18.8 Å². The molecule has 0 aliphatic carbocycles. The maximum Gasteiger partial charge on any atom is 0.505 e. The molecule has 22 heavy (non-hydrogen) atoms. The molecule has 0 radical (unpaired) electrons. The van der Waals surface area contributed by atoms with Gasteiger partial charge >= 0.3 is 13.1 Å². The van der Waals surface area contributed by atoms with Gasteiger partial charge in [0.05, 0.1) is 24.9 Å². The fourth-order valence-corrected chi connectivity index (χ4v) is 3.00. The van der Waals surface area contributed by atoms with Crippen LogP contribution in [-0.4, -0.2) is 38.0 Å². The van der Waals surface area contributed by atoms with Gasteiger partial charge in [0.1, 0.15) is 5.75 Å². The number of carbonyl (C=O) groups excluding carboxylic acids is 1. The third-order valence-corrected chi connectivity index (χ3v) is 5.15. The average molecular weight is 326 g/mol. The molecule has 1 aliphatic rings. The third-order valence-electron chi connectivity index (χ3n) is 4.04. The molecular formula is C15H23BO5S. The lowest BCUT2D eigenvalue weighted by molar-refractivity contribution is 0.00578. The van der Waals surface area contributed by atoms with Crippen LogP contribution in [-0.2, 0) is 14.0 Å². The predicted molar refractivity (Wildman–Crippen MR) is 87.2 cm³/mol. The second-order valence-corrected chi connectivity index (χ2v) is 7.35. The van der Waals surface area contributed by atoms with Crippen LogP contribution in [0.5, 0.6) is 5.75 Å². The Kier molecular flexibility index (Phi) is 4.89. The highest BCUT2D eigenvalue weighted by Crippen LogP contribution is 2.38. The van der Waals surface area contributed by atoms with E-state index in [-0.39, 0.29) is 0 Å². The zero-order valence-electron chi connectivity index (χ0n) is 14.0. The van der Waals surface area contributed by atoms with Gasteiger partial charge in [-0.05, 0) is 40.2 Å². The molecule has 1 fully saturated rings. The van der Waals surface area contributed by atoms with Crippen molar-refractivity contribution < 1.29 is 23.6 Å². The summed E-state index contributed by atoms with van der Waals surface area (Å²) in [5.41, 5.74) is -0.838. The van der Waals surface area contributed by atoms with Crippen molar-refractivity contribution in [2.24, 2.45) is 0 Å². The molecule has 122 valence electrons. The quantitative estimate of drug-likeness (QED) is 0.615. The van der Waals surface area contributed by atoms with Gasteiger partial charge in [-0.3, -0.25) is 0 Å². The number of ether oxygens (including phenoxy) is 2. The molecule has 0 unspecified atom stereocenters. The first kappa shape index (κ1) is 17.3. The van der Waals surface area contributed by atoms with E-state index in [2.05, 4.69) is 0 Å². The van der Waals surface area contributed by atoms with Crippen molar-refractivity contribution >= 4 is 29.2 Å². The lowest BCUT2D eigenvalue weighted by Gasteiger charge is -2.32. The summed E-state index contributed by atoms with van der Waals surface area (Å²) in [7, 11) is 0.859. The van der Waals surface area contributed by atoms with Gasteiger partial charge in [-0.25, -0.2) is 4.79 Å². The third kappa shape index (κ3) is 3.16. The second kappa shape index (κ2) is 6.22. The summed E-state index contributed by atoms with van der Waals surface area (Å²) in [6, 6.07) is 1.81. The van der Waals surface area contributed by atoms with Crippen molar-refractivity contribution in [2.75, 3.05) is 13.7 Å². The van der Waals surface area contributed by atoms with Crippen LogP contribution in [0.15, 0.2) is 6.07 Å².